The molecule has 1 aromatic carbocycles. The number of piperazine rings is 1. The van der Waals surface area contributed by atoms with Crippen molar-refractivity contribution in [3.05, 3.63) is 65.7 Å². The Morgan fingerprint density at radius 3 is 2.86 bits per heavy atom. The third kappa shape index (κ3) is 3.31. The zero-order valence-electron chi connectivity index (χ0n) is 12.2. The van der Waals surface area contributed by atoms with Gasteiger partial charge in [0.25, 0.3) is 0 Å². The molecule has 0 saturated carbocycles. The number of hydrogen-bond donors (Lipinski definition) is 1. The van der Waals surface area contributed by atoms with Crippen LogP contribution < -0.4 is 5.32 Å². The van der Waals surface area contributed by atoms with E-state index in [1.807, 2.05) is 17.0 Å². The van der Waals surface area contributed by atoms with E-state index in [0.717, 1.165) is 24.2 Å². The number of nitrogens with zero attached hydrogens (tertiary/aromatic N) is 2. The Hall–Kier alpha value is -2.27. The van der Waals surface area contributed by atoms with Crippen LogP contribution in [0.4, 0.5) is 4.39 Å². The molecule has 1 amide bonds. The summed E-state index contributed by atoms with van der Waals surface area (Å²) in [6, 6.07) is 9.96. The molecule has 5 heteroatoms. The first kappa shape index (κ1) is 14.7. The molecule has 22 heavy (non-hydrogen) atoms. The zero-order valence-corrected chi connectivity index (χ0v) is 12.2. The van der Waals surface area contributed by atoms with Crippen LogP contribution in [0.25, 0.3) is 0 Å². The van der Waals surface area contributed by atoms with Crippen LogP contribution in [-0.4, -0.2) is 35.4 Å². The second-order valence-electron chi connectivity index (χ2n) is 5.40. The number of halogens is 1. The van der Waals surface area contributed by atoms with Crippen molar-refractivity contribution in [2.75, 3.05) is 19.6 Å². The molecule has 1 atom stereocenters. The van der Waals surface area contributed by atoms with Crippen LogP contribution in [0, 0.1) is 5.82 Å². The van der Waals surface area contributed by atoms with Crippen molar-refractivity contribution in [1.82, 2.24) is 15.2 Å². The minimum atomic E-state index is -0.286. The van der Waals surface area contributed by atoms with E-state index in [1.165, 1.54) is 12.1 Å². The molecule has 0 aliphatic carbocycles. The predicted molar refractivity (Wildman–Crippen MR) is 81.7 cm³/mol. The molecular weight excluding hydrogens is 281 g/mol. The van der Waals surface area contributed by atoms with Gasteiger partial charge in [0.05, 0.1) is 12.5 Å². The van der Waals surface area contributed by atoms with Gasteiger partial charge in [0.15, 0.2) is 0 Å². The average molecular weight is 299 g/mol. The van der Waals surface area contributed by atoms with Gasteiger partial charge in [0.1, 0.15) is 5.82 Å². The maximum Gasteiger partial charge on any atom is 0.227 e. The monoisotopic (exact) mass is 299 g/mol. The van der Waals surface area contributed by atoms with Crippen molar-refractivity contribution < 1.29 is 9.18 Å². The number of benzene rings is 1. The Morgan fingerprint density at radius 1 is 1.32 bits per heavy atom. The molecule has 1 fully saturated rings. The number of nitrogens with one attached hydrogen (secondary N) is 1. The minimum absolute atomic E-state index is 0.00426. The Morgan fingerprint density at radius 2 is 2.14 bits per heavy atom. The molecular formula is C17H18FN3O. The molecule has 0 spiro atoms. The van der Waals surface area contributed by atoms with E-state index in [4.69, 9.17) is 0 Å². The summed E-state index contributed by atoms with van der Waals surface area (Å²) in [6.45, 7) is 2.17. The normalized spacial score (nSPS) is 18.2. The van der Waals surface area contributed by atoms with Crippen molar-refractivity contribution in [1.29, 1.82) is 0 Å². The van der Waals surface area contributed by atoms with E-state index >= 15 is 0 Å². The molecule has 2 heterocycles. The highest BCUT2D eigenvalue weighted by molar-refractivity contribution is 5.79. The van der Waals surface area contributed by atoms with Gasteiger partial charge in [-0.1, -0.05) is 18.2 Å². The smallest absolute Gasteiger partial charge is 0.227 e. The van der Waals surface area contributed by atoms with Crippen LogP contribution in [0.5, 0.6) is 0 Å². The van der Waals surface area contributed by atoms with E-state index in [9.17, 15) is 9.18 Å². The summed E-state index contributed by atoms with van der Waals surface area (Å²) in [5, 5.41) is 3.32. The van der Waals surface area contributed by atoms with Gasteiger partial charge in [-0.15, -0.1) is 0 Å². The first-order valence-corrected chi connectivity index (χ1v) is 7.38. The molecule has 1 aliphatic heterocycles. The van der Waals surface area contributed by atoms with E-state index in [1.54, 1.807) is 24.5 Å². The summed E-state index contributed by atoms with van der Waals surface area (Å²) in [4.78, 5) is 18.6. The first-order chi connectivity index (χ1) is 10.7. The fraction of sp³-hybridized carbons (Fsp3) is 0.294. The average Bonchev–Trinajstić information content (AvgIpc) is 2.58. The van der Waals surface area contributed by atoms with E-state index in [2.05, 4.69) is 10.3 Å². The molecule has 1 aliphatic rings. The number of rotatable bonds is 3. The summed E-state index contributed by atoms with van der Waals surface area (Å²) < 4.78 is 13.0. The Kier molecular flexibility index (Phi) is 4.44. The maximum absolute atomic E-state index is 13.0. The lowest BCUT2D eigenvalue weighted by Crippen LogP contribution is -2.49. The highest BCUT2D eigenvalue weighted by Crippen LogP contribution is 2.22. The van der Waals surface area contributed by atoms with Gasteiger partial charge in [-0.25, -0.2) is 4.39 Å². The lowest BCUT2D eigenvalue weighted by Gasteiger charge is -2.36. The number of carbonyl (C=O) groups is 1. The summed E-state index contributed by atoms with van der Waals surface area (Å²) >= 11 is 0. The van der Waals surface area contributed by atoms with E-state index < -0.39 is 0 Å². The SMILES string of the molecule is O=C(Cc1ccc(F)cc1)N1CCNCC1c1cccnc1. The largest absolute Gasteiger partial charge is 0.333 e. The molecule has 1 unspecified atom stereocenters. The molecule has 3 rings (SSSR count). The van der Waals surface area contributed by atoms with Gasteiger partial charge in [0.2, 0.25) is 5.91 Å². The van der Waals surface area contributed by atoms with Gasteiger partial charge >= 0.3 is 0 Å². The molecule has 0 bridgehead atoms. The molecule has 1 saturated heterocycles. The van der Waals surface area contributed by atoms with Gasteiger partial charge in [-0.05, 0) is 29.3 Å². The number of pyridine rings is 1. The Balaban J connectivity index is 1.75. The van der Waals surface area contributed by atoms with Crippen LogP contribution in [0.3, 0.4) is 0 Å². The van der Waals surface area contributed by atoms with Gasteiger partial charge in [-0.3, -0.25) is 9.78 Å². The number of carbonyl (C=O) groups excluding carboxylic acids is 1. The molecule has 1 aromatic heterocycles. The number of amides is 1. The van der Waals surface area contributed by atoms with Crippen molar-refractivity contribution in [2.24, 2.45) is 0 Å². The third-order valence-corrected chi connectivity index (χ3v) is 3.90. The molecule has 2 aromatic rings. The van der Waals surface area contributed by atoms with Crippen LogP contribution in [0.15, 0.2) is 48.8 Å². The van der Waals surface area contributed by atoms with Gasteiger partial charge in [0, 0.05) is 32.0 Å². The topological polar surface area (TPSA) is 45.2 Å². The quantitative estimate of drug-likeness (QED) is 0.942. The summed E-state index contributed by atoms with van der Waals surface area (Å²) in [5.41, 5.74) is 1.86. The zero-order chi connectivity index (χ0) is 15.4. The van der Waals surface area contributed by atoms with Crippen molar-refractivity contribution in [3.8, 4) is 0 Å². The highest BCUT2D eigenvalue weighted by Gasteiger charge is 2.27. The minimum Gasteiger partial charge on any atom is -0.333 e. The van der Waals surface area contributed by atoms with Crippen molar-refractivity contribution in [3.63, 3.8) is 0 Å². The van der Waals surface area contributed by atoms with Gasteiger partial charge in [-0.2, -0.15) is 0 Å². The van der Waals surface area contributed by atoms with E-state index in [-0.39, 0.29) is 24.2 Å². The maximum atomic E-state index is 13.0. The summed E-state index contributed by atoms with van der Waals surface area (Å²) in [7, 11) is 0. The molecule has 114 valence electrons. The number of hydrogen-bond acceptors (Lipinski definition) is 3. The van der Waals surface area contributed by atoms with Crippen molar-refractivity contribution in [2.45, 2.75) is 12.5 Å². The number of aromatic nitrogens is 1. The lowest BCUT2D eigenvalue weighted by atomic mass is 10.0. The lowest BCUT2D eigenvalue weighted by molar-refractivity contribution is -0.133. The summed E-state index contributed by atoms with van der Waals surface area (Å²) in [5.74, 6) is -0.228. The van der Waals surface area contributed by atoms with Crippen LogP contribution in [0.2, 0.25) is 0 Å². The fourth-order valence-corrected chi connectivity index (χ4v) is 2.75. The van der Waals surface area contributed by atoms with Gasteiger partial charge < -0.3 is 10.2 Å². The predicted octanol–water partition coefficient (Wildman–Crippen LogP) is 1.94. The standard InChI is InChI=1S/C17H18FN3O/c18-15-5-3-13(4-6-15)10-17(22)21-9-8-20-12-16(21)14-2-1-7-19-11-14/h1-7,11,16,20H,8-10,12H2. The first-order valence-electron chi connectivity index (χ1n) is 7.38. The fourth-order valence-electron chi connectivity index (χ4n) is 2.75. The molecule has 4 nitrogen and oxygen atoms in total. The Bertz CT molecular complexity index is 630. The van der Waals surface area contributed by atoms with E-state index in [0.29, 0.717) is 6.54 Å². The second kappa shape index (κ2) is 6.66. The Labute approximate surface area is 129 Å². The van der Waals surface area contributed by atoms with Crippen molar-refractivity contribution >= 4 is 5.91 Å². The second-order valence-corrected chi connectivity index (χ2v) is 5.40. The molecule has 0 radical (unpaired) electrons. The van der Waals surface area contributed by atoms with Crippen LogP contribution in [0.1, 0.15) is 17.2 Å². The van der Waals surface area contributed by atoms with Crippen LogP contribution in [-0.2, 0) is 11.2 Å². The van der Waals surface area contributed by atoms with Crippen LogP contribution >= 0.6 is 0 Å². The molecule has 1 N–H and O–H groups in total. The highest BCUT2D eigenvalue weighted by atomic mass is 19.1. The third-order valence-electron chi connectivity index (χ3n) is 3.90. The summed E-state index contributed by atoms with van der Waals surface area (Å²) in [6.07, 6.45) is 3.82.